The lowest BCUT2D eigenvalue weighted by Gasteiger charge is -2.08. The molecule has 5 nitrogen and oxygen atoms in total. The molecular formula is C24H18O5. The first kappa shape index (κ1) is 18.5. The Kier molecular flexibility index (Phi) is 5.38. The summed E-state index contributed by atoms with van der Waals surface area (Å²) in [5.41, 5.74) is 2.47. The highest BCUT2D eigenvalue weighted by atomic mass is 16.6. The summed E-state index contributed by atoms with van der Waals surface area (Å²) in [7, 11) is 0. The van der Waals surface area contributed by atoms with Crippen LogP contribution in [0.2, 0.25) is 0 Å². The van der Waals surface area contributed by atoms with Crippen molar-refractivity contribution in [3.63, 3.8) is 0 Å². The third-order valence-electron chi connectivity index (χ3n) is 4.43. The molecule has 0 spiro atoms. The lowest BCUT2D eigenvalue weighted by atomic mass is 10.1. The number of benzene rings is 3. The fraction of sp³-hybridized carbons (Fsp3) is 0.0833. The molecule has 0 fully saturated rings. The molecule has 4 rings (SSSR count). The van der Waals surface area contributed by atoms with E-state index in [4.69, 9.17) is 13.9 Å². The molecule has 0 amide bonds. The van der Waals surface area contributed by atoms with Gasteiger partial charge in [0.15, 0.2) is 12.0 Å². The van der Waals surface area contributed by atoms with E-state index in [-0.39, 0.29) is 18.6 Å². The lowest BCUT2D eigenvalue weighted by Crippen LogP contribution is -2.14. The van der Waals surface area contributed by atoms with Gasteiger partial charge in [0.25, 0.3) is 0 Å². The standard InChI is InChI=1S/C24H18O5/c25-23(29-14-17-7-3-1-4-8-17)16-27-19-11-12-20-22(13-19)28-15-21(24(20)26)18-9-5-2-6-10-18/h1-13,15H,14,16H2. The van der Waals surface area contributed by atoms with Crippen molar-refractivity contribution in [1.29, 1.82) is 0 Å². The maximum Gasteiger partial charge on any atom is 0.344 e. The van der Waals surface area contributed by atoms with E-state index in [0.717, 1.165) is 11.1 Å². The van der Waals surface area contributed by atoms with Crippen LogP contribution in [0.5, 0.6) is 5.75 Å². The van der Waals surface area contributed by atoms with Crippen LogP contribution in [0.1, 0.15) is 5.56 Å². The van der Waals surface area contributed by atoms with Crippen LogP contribution in [0, 0.1) is 0 Å². The molecule has 0 atom stereocenters. The minimum Gasteiger partial charge on any atom is -0.482 e. The zero-order chi connectivity index (χ0) is 20.1. The van der Waals surface area contributed by atoms with Gasteiger partial charge in [0.2, 0.25) is 0 Å². The molecule has 4 aromatic rings. The second-order valence-electron chi connectivity index (χ2n) is 6.44. The fourth-order valence-electron chi connectivity index (χ4n) is 2.94. The van der Waals surface area contributed by atoms with Crippen molar-refractivity contribution in [2.75, 3.05) is 6.61 Å². The Bertz CT molecular complexity index is 1180. The average molecular weight is 386 g/mol. The summed E-state index contributed by atoms with van der Waals surface area (Å²) >= 11 is 0. The van der Waals surface area contributed by atoms with Crippen LogP contribution in [-0.4, -0.2) is 12.6 Å². The van der Waals surface area contributed by atoms with Gasteiger partial charge in [-0.2, -0.15) is 0 Å². The number of hydrogen-bond donors (Lipinski definition) is 0. The maximum absolute atomic E-state index is 12.8. The summed E-state index contributed by atoms with van der Waals surface area (Å²) < 4.78 is 16.3. The van der Waals surface area contributed by atoms with Gasteiger partial charge >= 0.3 is 5.97 Å². The van der Waals surface area contributed by atoms with Gasteiger partial charge in [-0.15, -0.1) is 0 Å². The molecular weight excluding hydrogens is 368 g/mol. The van der Waals surface area contributed by atoms with Gasteiger partial charge in [-0.1, -0.05) is 60.7 Å². The van der Waals surface area contributed by atoms with Crippen LogP contribution in [0.15, 0.2) is 94.3 Å². The Balaban J connectivity index is 1.44. The van der Waals surface area contributed by atoms with Gasteiger partial charge in [0, 0.05) is 6.07 Å². The highest BCUT2D eigenvalue weighted by Gasteiger charge is 2.11. The van der Waals surface area contributed by atoms with Gasteiger partial charge in [0.05, 0.1) is 10.9 Å². The average Bonchev–Trinajstić information content (AvgIpc) is 2.78. The van der Waals surface area contributed by atoms with Crippen LogP contribution >= 0.6 is 0 Å². The van der Waals surface area contributed by atoms with E-state index < -0.39 is 5.97 Å². The summed E-state index contributed by atoms with van der Waals surface area (Å²) in [5, 5.41) is 0.449. The third kappa shape index (κ3) is 4.35. The summed E-state index contributed by atoms with van der Waals surface area (Å²) in [6.07, 6.45) is 1.44. The summed E-state index contributed by atoms with van der Waals surface area (Å²) in [4.78, 5) is 24.6. The van der Waals surface area contributed by atoms with Gasteiger partial charge in [0.1, 0.15) is 24.2 Å². The van der Waals surface area contributed by atoms with Crippen LogP contribution in [-0.2, 0) is 16.1 Å². The number of carbonyl (C=O) groups excluding carboxylic acids is 1. The first-order valence-corrected chi connectivity index (χ1v) is 9.14. The van der Waals surface area contributed by atoms with E-state index in [1.54, 1.807) is 18.2 Å². The molecule has 0 aliphatic carbocycles. The molecule has 0 N–H and O–H groups in total. The minimum atomic E-state index is -0.477. The Hall–Kier alpha value is -3.86. The zero-order valence-electron chi connectivity index (χ0n) is 15.5. The van der Waals surface area contributed by atoms with Gasteiger partial charge < -0.3 is 13.9 Å². The van der Waals surface area contributed by atoms with Crippen LogP contribution in [0.3, 0.4) is 0 Å². The molecule has 29 heavy (non-hydrogen) atoms. The van der Waals surface area contributed by atoms with Crippen LogP contribution < -0.4 is 10.2 Å². The van der Waals surface area contributed by atoms with Gasteiger partial charge in [-0.05, 0) is 23.3 Å². The number of fused-ring (bicyclic) bond motifs is 1. The molecule has 0 aliphatic rings. The van der Waals surface area contributed by atoms with Crippen molar-refractivity contribution in [2.24, 2.45) is 0 Å². The number of esters is 1. The molecule has 0 unspecified atom stereocenters. The molecule has 0 saturated carbocycles. The Morgan fingerprint density at radius 1 is 0.897 bits per heavy atom. The van der Waals surface area contributed by atoms with Crippen molar-refractivity contribution >= 4 is 16.9 Å². The maximum atomic E-state index is 12.8. The first-order valence-electron chi connectivity index (χ1n) is 9.14. The van der Waals surface area contributed by atoms with E-state index >= 15 is 0 Å². The van der Waals surface area contributed by atoms with E-state index in [1.165, 1.54) is 6.26 Å². The second-order valence-corrected chi connectivity index (χ2v) is 6.44. The molecule has 0 saturated heterocycles. The quantitative estimate of drug-likeness (QED) is 0.454. The highest BCUT2D eigenvalue weighted by Crippen LogP contribution is 2.23. The Morgan fingerprint density at radius 3 is 2.38 bits per heavy atom. The predicted octanol–water partition coefficient (Wildman–Crippen LogP) is 4.58. The summed E-state index contributed by atoms with van der Waals surface area (Å²) in [5.74, 6) is -0.0559. The number of rotatable bonds is 6. The fourth-order valence-corrected chi connectivity index (χ4v) is 2.94. The SMILES string of the molecule is O=C(COc1ccc2c(=O)c(-c3ccccc3)coc2c1)OCc1ccccc1. The molecule has 5 heteroatoms. The van der Waals surface area contributed by atoms with E-state index in [1.807, 2.05) is 60.7 Å². The van der Waals surface area contributed by atoms with Gasteiger partial charge in [-0.25, -0.2) is 4.79 Å². The normalized spacial score (nSPS) is 10.6. The molecule has 0 aliphatic heterocycles. The van der Waals surface area contributed by atoms with Crippen molar-refractivity contribution in [1.82, 2.24) is 0 Å². The van der Waals surface area contributed by atoms with E-state index in [2.05, 4.69) is 0 Å². The number of ether oxygens (including phenoxy) is 2. The third-order valence-corrected chi connectivity index (χ3v) is 4.43. The number of hydrogen-bond acceptors (Lipinski definition) is 5. The van der Waals surface area contributed by atoms with Crippen LogP contribution in [0.25, 0.3) is 22.1 Å². The molecule has 144 valence electrons. The summed E-state index contributed by atoms with van der Waals surface area (Å²) in [6.45, 7) is -0.0391. The van der Waals surface area contributed by atoms with Crippen molar-refractivity contribution in [2.45, 2.75) is 6.61 Å². The molecule has 0 radical (unpaired) electrons. The van der Waals surface area contributed by atoms with Gasteiger partial charge in [-0.3, -0.25) is 4.79 Å². The smallest absolute Gasteiger partial charge is 0.344 e. The first-order chi connectivity index (χ1) is 14.2. The predicted molar refractivity (Wildman–Crippen MR) is 110 cm³/mol. The Morgan fingerprint density at radius 2 is 1.62 bits per heavy atom. The topological polar surface area (TPSA) is 65.7 Å². The van der Waals surface area contributed by atoms with Crippen molar-refractivity contribution in [3.8, 4) is 16.9 Å². The minimum absolute atomic E-state index is 0.119. The van der Waals surface area contributed by atoms with Crippen molar-refractivity contribution in [3.05, 3.63) is 101 Å². The zero-order valence-corrected chi connectivity index (χ0v) is 15.5. The molecule has 1 aromatic heterocycles. The van der Waals surface area contributed by atoms with Crippen LogP contribution in [0.4, 0.5) is 0 Å². The Labute approximate surface area is 167 Å². The van der Waals surface area contributed by atoms with Crippen molar-refractivity contribution < 1.29 is 18.7 Å². The molecule has 1 heterocycles. The van der Waals surface area contributed by atoms with E-state index in [9.17, 15) is 9.59 Å². The monoisotopic (exact) mass is 386 g/mol. The number of carbonyl (C=O) groups is 1. The summed E-state index contributed by atoms with van der Waals surface area (Å²) in [6, 6.07) is 23.6. The largest absolute Gasteiger partial charge is 0.482 e. The second kappa shape index (κ2) is 8.44. The molecule has 0 bridgehead atoms. The highest BCUT2D eigenvalue weighted by molar-refractivity contribution is 5.82. The lowest BCUT2D eigenvalue weighted by molar-refractivity contribution is -0.147. The van der Waals surface area contributed by atoms with E-state index in [0.29, 0.717) is 22.3 Å². The molecule has 3 aromatic carbocycles.